The first-order valence-electron chi connectivity index (χ1n) is 8.31. The van der Waals surface area contributed by atoms with Gasteiger partial charge in [0.05, 0.1) is 18.8 Å². The monoisotopic (exact) mass is 329 g/mol. The van der Waals surface area contributed by atoms with Crippen molar-refractivity contribution in [2.75, 3.05) is 12.0 Å². The Labute approximate surface area is 147 Å². The van der Waals surface area contributed by atoms with Crippen molar-refractivity contribution in [3.05, 3.63) is 84.7 Å². The standard InChI is InChI=1S/C21H19N3O/c1-25-19-11-9-18(10-12-19)24-20(16-6-5-13-22-15-16)14-21(24)23-17-7-3-2-4-8-17/h2-13,15,20H,14H2,1H3/b23-21+. The summed E-state index contributed by atoms with van der Waals surface area (Å²) in [5, 5.41) is 0. The van der Waals surface area contributed by atoms with Gasteiger partial charge in [-0.05, 0) is 48.0 Å². The van der Waals surface area contributed by atoms with Gasteiger partial charge in [-0.25, -0.2) is 4.99 Å². The molecule has 1 aliphatic rings. The van der Waals surface area contributed by atoms with E-state index < -0.39 is 0 Å². The molecular formula is C21H19N3O. The Morgan fingerprint density at radius 3 is 2.48 bits per heavy atom. The van der Waals surface area contributed by atoms with Gasteiger partial charge >= 0.3 is 0 Å². The van der Waals surface area contributed by atoms with Crippen molar-refractivity contribution >= 4 is 17.2 Å². The molecule has 3 aromatic rings. The van der Waals surface area contributed by atoms with Crippen LogP contribution in [-0.4, -0.2) is 17.9 Å². The van der Waals surface area contributed by atoms with Gasteiger partial charge in [-0.15, -0.1) is 0 Å². The molecule has 4 heteroatoms. The predicted molar refractivity (Wildman–Crippen MR) is 101 cm³/mol. The summed E-state index contributed by atoms with van der Waals surface area (Å²) in [6.07, 6.45) is 4.63. The normalized spacial score (nSPS) is 18.0. The van der Waals surface area contributed by atoms with Crippen LogP contribution in [0.1, 0.15) is 18.0 Å². The Bertz CT molecular complexity index is 861. The highest BCUT2D eigenvalue weighted by molar-refractivity contribution is 6.06. The van der Waals surface area contributed by atoms with E-state index in [1.165, 1.54) is 5.56 Å². The highest BCUT2D eigenvalue weighted by atomic mass is 16.5. The van der Waals surface area contributed by atoms with Crippen LogP contribution < -0.4 is 9.64 Å². The first-order chi connectivity index (χ1) is 12.3. The van der Waals surface area contributed by atoms with Gasteiger partial charge in [-0.1, -0.05) is 24.3 Å². The average Bonchev–Trinajstić information content (AvgIpc) is 2.67. The van der Waals surface area contributed by atoms with E-state index in [9.17, 15) is 0 Å². The molecule has 1 aromatic heterocycles. The molecule has 0 aliphatic carbocycles. The molecular weight excluding hydrogens is 310 g/mol. The van der Waals surface area contributed by atoms with E-state index in [2.05, 4.69) is 28.1 Å². The first-order valence-corrected chi connectivity index (χ1v) is 8.31. The van der Waals surface area contributed by atoms with E-state index in [1.807, 2.05) is 54.7 Å². The zero-order valence-corrected chi connectivity index (χ0v) is 14.0. The van der Waals surface area contributed by atoms with Crippen molar-refractivity contribution in [2.24, 2.45) is 4.99 Å². The molecule has 1 unspecified atom stereocenters. The van der Waals surface area contributed by atoms with E-state index in [-0.39, 0.29) is 6.04 Å². The van der Waals surface area contributed by atoms with Crippen molar-refractivity contribution in [1.82, 2.24) is 4.98 Å². The Morgan fingerprint density at radius 1 is 1.00 bits per heavy atom. The largest absolute Gasteiger partial charge is 0.497 e. The van der Waals surface area contributed by atoms with E-state index in [1.54, 1.807) is 13.3 Å². The number of hydrogen-bond donors (Lipinski definition) is 0. The minimum absolute atomic E-state index is 0.254. The minimum Gasteiger partial charge on any atom is -0.497 e. The lowest BCUT2D eigenvalue weighted by Crippen LogP contribution is -2.46. The summed E-state index contributed by atoms with van der Waals surface area (Å²) >= 11 is 0. The Hall–Kier alpha value is -3.14. The molecule has 4 rings (SSSR count). The maximum absolute atomic E-state index is 5.28. The summed E-state index contributed by atoms with van der Waals surface area (Å²) in [5.74, 6) is 1.91. The molecule has 0 radical (unpaired) electrons. The van der Waals surface area contributed by atoms with Crippen molar-refractivity contribution in [3.63, 3.8) is 0 Å². The van der Waals surface area contributed by atoms with Crippen LogP contribution in [0.2, 0.25) is 0 Å². The van der Waals surface area contributed by atoms with Gasteiger partial charge in [-0.2, -0.15) is 0 Å². The van der Waals surface area contributed by atoms with E-state index in [4.69, 9.17) is 9.73 Å². The van der Waals surface area contributed by atoms with Crippen LogP contribution in [-0.2, 0) is 0 Å². The second-order valence-corrected chi connectivity index (χ2v) is 5.94. The number of aromatic nitrogens is 1. The van der Waals surface area contributed by atoms with Crippen molar-refractivity contribution in [2.45, 2.75) is 12.5 Å². The number of anilines is 1. The fourth-order valence-corrected chi connectivity index (χ4v) is 3.09. The van der Waals surface area contributed by atoms with Crippen LogP contribution in [0.4, 0.5) is 11.4 Å². The molecule has 0 bridgehead atoms. The smallest absolute Gasteiger partial charge is 0.119 e. The average molecular weight is 329 g/mol. The van der Waals surface area contributed by atoms with Gasteiger partial charge in [0.25, 0.3) is 0 Å². The number of methoxy groups -OCH3 is 1. The second kappa shape index (κ2) is 6.77. The molecule has 124 valence electrons. The first kappa shape index (κ1) is 15.4. The number of benzene rings is 2. The molecule has 1 aliphatic heterocycles. The maximum Gasteiger partial charge on any atom is 0.119 e. The third-order valence-electron chi connectivity index (χ3n) is 4.40. The molecule has 2 heterocycles. The molecule has 2 aromatic carbocycles. The summed E-state index contributed by atoms with van der Waals surface area (Å²) in [5.41, 5.74) is 3.28. The van der Waals surface area contributed by atoms with Crippen LogP contribution >= 0.6 is 0 Å². The van der Waals surface area contributed by atoms with Gasteiger partial charge in [0.2, 0.25) is 0 Å². The number of para-hydroxylation sites is 1. The van der Waals surface area contributed by atoms with E-state index >= 15 is 0 Å². The molecule has 0 spiro atoms. The number of rotatable bonds is 4. The topological polar surface area (TPSA) is 37.7 Å². The van der Waals surface area contributed by atoms with Crippen molar-refractivity contribution < 1.29 is 4.74 Å². The third-order valence-corrected chi connectivity index (χ3v) is 4.40. The molecule has 0 amide bonds. The highest BCUT2D eigenvalue weighted by Gasteiger charge is 2.36. The molecule has 1 fully saturated rings. The summed E-state index contributed by atoms with van der Waals surface area (Å²) in [6.45, 7) is 0. The molecule has 0 N–H and O–H groups in total. The summed E-state index contributed by atoms with van der Waals surface area (Å²) < 4.78 is 5.28. The van der Waals surface area contributed by atoms with Crippen molar-refractivity contribution in [3.8, 4) is 5.75 Å². The molecule has 1 atom stereocenters. The fraction of sp³-hybridized carbons (Fsp3) is 0.143. The van der Waals surface area contributed by atoms with Gasteiger partial charge < -0.3 is 9.64 Å². The summed E-state index contributed by atoms with van der Waals surface area (Å²) in [6, 6.07) is 22.5. The highest BCUT2D eigenvalue weighted by Crippen LogP contribution is 2.40. The molecule has 1 saturated heterocycles. The van der Waals surface area contributed by atoms with Gasteiger partial charge in [0, 0.05) is 24.5 Å². The lowest BCUT2D eigenvalue weighted by atomic mass is 9.93. The number of nitrogens with zero attached hydrogens (tertiary/aromatic N) is 3. The Morgan fingerprint density at radius 2 is 1.80 bits per heavy atom. The second-order valence-electron chi connectivity index (χ2n) is 5.94. The maximum atomic E-state index is 5.28. The number of ether oxygens (including phenoxy) is 1. The molecule has 4 nitrogen and oxygen atoms in total. The van der Waals surface area contributed by atoms with Crippen LogP contribution in [0.5, 0.6) is 5.75 Å². The lowest BCUT2D eigenvalue weighted by molar-refractivity contribution is 0.415. The summed E-state index contributed by atoms with van der Waals surface area (Å²) in [7, 11) is 1.68. The number of pyridine rings is 1. The van der Waals surface area contributed by atoms with Crippen LogP contribution in [0.25, 0.3) is 0 Å². The third kappa shape index (κ3) is 3.11. The SMILES string of the molecule is COc1ccc(N2/C(=N/c3ccccc3)CC2c2cccnc2)cc1. The zero-order valence-electron chi connectivity index (χ0n) is 14.0. The Kier molecular flexibility index (Phi) is 4.17. The zero-order chi connectivity index (χ0) is 17.1. The Balaban J connectivity index is 1.69. The number of hydrogen-bond acceptors (Lipinski definition) is 3. The number of aliphatic imine (C=N–C) groups is 1. The quantitative estimate of drug-likeness (QED) is 0.692. The fourth-order valence-electron chi connectivity index (χ4n) is 3.09. The van der Waals surface area contributed by atoms with Gasteiger partial charge in [-0.3, -0.25) is 4.98 Å². The molecule has 0 saturated carbocycles. The van der Waals surface area contributed by atoms with Crippen LogP contribution in [0.15, 0.2) is 84.1 Å². The van der Waals surface area contributed by atoms with Crippen molar-refractivity contribution in [1.29, 1.82) is 0 Å². The van der Waals surface area contributed by atoms with Gasteiger partial charge in [0.15, 0.2) is 0 Å². The summed E-state index contributed by atoms with van der Waals surface area (Å²) in [4.78, 5) is 11.4. The number of amidine groups is 1. The lowest BCUT2D eigenvalue weighted by Gasteiger charge is -2.44. The van der Waals surface area contributed by atoms with E-state index in [0.29, 0.717) is 0 Å². The van der Waals surface area contributed by atoms with Crippen LogP contribution in [0, 0.1) is 0 Å². The predicted octanol–water partition coefficient (Wildman–Crippen LogP) is 4.77. The molecule has 25 heavy (non-hydrogen) atoms. The minimum atomic E-state index is 0.254. The van der Waals surface area contributed by atoms with E-state index in [0.717, 1.165) is 29.4 Å². The van der Waals surface area contributed by atoms with Crippen LogP contribution in [0.3, 0.4) is 0 Å². The van der Waals surface area contributed by atoms with Gasteiger partial charge in [0.1, 0.15) is 11.6 Å².